The van der Waals surface area contributed by atoms with Crippen LogP contribution in [0.25, 0.3) is 16.3 Å². The zero-order valence-corrected chi connectivity index (χ0v) is 18.5. The molecular formula is C24H27N7O. The highest BCUT2D eigenvalue weighted by molar-refractivity contribution is 6.09. The van der Waals surface area contributed by atoms with Crippen LogP contribution in [0.4, 0.5) is 11.6 Å². The molecule has 1 saturated heterocycles. The Morgan fingerprint density at radius 3 is 2.66 bits per heavy atom. The van der Waals surface area contributed by atoms with Crippen LogP contribution in [0.1, 0.15) is 15.9 Å². The molecule has 8 heteroatoms. The minimum Gasteiger partial charge on any atom is -0.393 e. The Balaban J connectivity index is 1.52. The number of hydrogen-bond acceptors (Lipinski definition) is 7. The molecule has 1 aliphatic rings. The maximum absolute atomic E-state index is 12.9. The lowest BCUT2D eigenvalue weighted by atomic mass is 10.0. The number of rotatable bonds is 7. The number of nitrogens with one attached hydrogen (secondary N) is 3. The van der Waals surface area contributed by atoms with Gasteiger partial charge in [0.2, 0.25) is 0 Å². The third kappa shape index (κ3) is 4.45. The molecule has 0 aliphatic carbocycles. The van der Waals surface area contributed by atoms with Gasteiger partial charge in [-0.1, -0.05) is 12.1 Å². The number of allylic oxidation sites excluding steroid dienone is 1. The van der Waals surface area contributed by atoms with Gasteiger partial charge >= 0.3 is 0 Å². The van der Waals surface area contributed by atoms with Crippen LogP contribution in [0.15, 0.2) is 55.0 Å². The van der Waals surface area contributed by atoms with Crippen LogP contribution in [0.5, 0.6) is 0 Å². The van der Waals surface area contributed by atoms with Gasteiger partial charge in [-0.25, -0.2) is 9.97 Å². The second-order valence-corrected chi connectivity index (χ2v) is 8.04. The lowest BCUT2D eigenvalue weighted by Gasteiger charge is -2.43. The van der Waals surface area contributed by atoms with Crippen molar-refractivity contribution in [1.29, 1.82) is 5.41 Å². The van der Waals surface area contributed by atoms with E-state index >= 15 is 0 Å². The van der Waals surface area contributed by atoms with Crippen LogP contribution in [-0.4, -0.2) is 67.3 Å². The molecular weight excluding hydrogens is 402 g/mol. The molecule has 3 aromatic rings. The summed E-state index contributed by atoms with van der Waals surface area (Å²) in [5, 5.41) is 15.4. The van der Waals surface area contributed by atoms with E-state index < -0.39 is 0 Å². The summed E-state index contributed by atoms with van der Waals surface area (Å²) >= 11 is 0. The van der Waals surface area contributed by atoms with Gasteiger partial charge in [-0.15, -0.1) is 0 Å². The number of aromatic nitrogens is 2. The van der Waals surface area contributed by atoms with Gasteiger partial charge in [0.1, 0.15) is 11.6 Å². The second-order valence-electron chi connectivity index (χ2n) is 8.04. The number of hydrogen-bond donors (Lipinski definition) is 3. The number of benzene rings is 1. The monoisotopic (exact) mass is 429 g/mol. The van der Waals surface area contributed by atoms with E-state index in [0.717, 1.165) is 40.8 Å². The van der Waals surface area contributed by atoms with Crippen LogP contribution in [0.2, 0.25) is 0 Å². The predicted octanol–water partition coefficient (Wildman–Crippen LogP) is 2.84. The first-order valence-electron chi connectivity index (χ1n) is 10.5. The number of pyridine rings is 2. The van der Waals surface area contributed by atoms with E-state index in [1.54, 1.807) is 31.7 Å². The summed E-state index contributed by atoms with van der Waals surface area (Å²) in [5.74, 6) is 1.06. The van der Waals surface area contributed by atoms with Crippen LogP contribution in [0.3, 0.4) is 0 Å². The molecule has 3 heterocycles. The Labute approximate surface area is 187 Å². The van der Waals surface area contributed by atoms with Crippen LogP contribution in [0, 0.1) is 5.41 Å². The number of carbonyl (C=O) groups is 1. The molecule has 4 rings (SSSR count). The number of anilines is 2. The Bertz CT molecular complexity index is 1180. The fourth-order valence-corrected chi connectivity index (χ4v) is 3.64. The molecule has 1 aromatic carbocycles. The largest absolute Gasteiger partial charge is 0.393 e. The van der Waals surface area contributed by atoms with E-state index in [4.69, 9.17) is 5.41 Å². The molecule has 0 bridgehead atoms. The number of carbonyl (C=O) groups excluding carboxylic acids is 1. The number of fused-ring (bicyclic) bond motifs is 1. The number of likely N-dealkylation sites (N-methyl/N-ethyl adjacent to an activating group) is 1. The molecule has 3 N–H and O–H groups in total. The lowest BCUT2D eigenvalue weighted by Crippen LogP contribution is -2.57. The van der Waals surface area contributed by atoms with Crippen molar-refractivity contribution in [2.24, 2.45) is 0 Å². The Kier molecular flexibility index (Phi) is 6.13. The highest BCUT2D eigenvalue weighted by Crippen LogP contribution is 2.24. The van der Waals surface area contributed by atoms with Gasteiger partial charge in [-0.05, 0) is 49.3 Å². The van der Waals surface area contributed by atoms with Gasteiger partial charge in [-0.3, -0.25) is 4.79 Å². The summed E-state index contributed by atoms with van der Waals surface area (Å²) in [4.78, 5) is 26.0. The quantitative estimate of drug-likeness (QED) is 0.500. The van der Waals surface area contributed by atoms with Gasteiger partial charge in [0, 0.05) is 67.5 Å². The average molecular weight is 430 g/mol. The summed E-state index contributed by atoms with van der Waals surface area (Å²) in [6, 6.07) is 11.8. The van der Waals surface area contributed by atoms with Crippen molar-refractivity contribution in [1.82, 2.24) is 20.2 Å². The van der Waals surface area contributed by atoms with E-state index in [0.29, 0.717) is 17.4 Å². The molecule has 2 aromatic heterocycles. The highest BCUT2D eigenvalue weighted by Gasteiger charge is 2.29. The van der Waals surface area contributed by atoms with Crippen molar-refractivity contribution < 1.29 is 4.79 Å². The fourth-order valence-electron chi connectivity index (χ4n) is 3.64. The smallest absolute Gasteiger partial charge is 0.257 e. The van der Waals surface area contributed by atoms with E-state index in [1.165, 1.54) is 6.21 Å². The van der Waals surface area contributed by atoms with Crippen LogP contribution >= 0.6 is 0 Å². The minimum absolute atomic E-state index is 0.225. The molecule has 0 radical (unpaired) electrons. The second kappa shape index (κ2) is 9.15. The molecule has 1 amide bonds. The maximum atomic E-state index is 12.9. The van der Waals surface area contributed by atoms with Crippen molar-refractivity contribution in [3.8, 4) is 0 Å². The topological polar surface area (TPSA) is 97.2 Å². The molecule has 0 unspecified atom stereocenters. The van der Waals surface area contributed by atoms with Crippen molar-refractivity contribution in [2.75, 3.05) is 44.4 Å². The van der Waals surface area contributed by atoms with Crippen molar-refractivity contribution in [2.45, 2.75) is 6.04 Å². The minimum atomic E-state index is -0.225. The van der Waals surface area contributed by atoms with E-state index in [1.807, 2.05) is 30.3 Å². The Morgan fingerprint density at radius 1 is 1.12 bits per heavy atom. The zero-order valence-electron chi connectivity index (χ0n) is 18.5. The summed E-state index contributed by atoms with van der Waals surface area (Å²) in [6.07, 6.45) is 6.49. The standard InChI is InChI=1S/C24H27N7O/c1-26-12-20(11-25)16-4-5-18-13-28-22(9-19(18)8-16)29-24(32)17-6-7-27-23(10-17)31-14-21(15-31)30(2)3/h4-13,21,25-26H,14-15H2,1-3H3,(H,28,29,32)/b20-12+,25-11?. The normalized spacial score (nSPS) is 14.4. The summed E-state index contributed by atoms with van der Waals surface area (Å²) in [5.41, 5.74) is 2.22. The Morgan fingerprint density at radius 2 is 1.94 bits per heavy atom. The molecule has 0 saturated carbocycles. The summed E-state index contributed by atoms with van der Waals surface area (Å²) in [6.45, 7) is 1.80. The molecule has 0 atom stereocenters. The van der Waals surface area contributed by atoms with Gasteiger partial charge in [0.25, 0.3) is 5.91 Å². The summed E-state index contributed by atoms with van der Waals surface area (Å²) in [7, 11) is 5.94. The molecule has 8 nitrogen and oxygen atoms in total. The summed E-state index contributed by atoms with van der Waals surface area (Å²) < 4.78 is 0. The van der Waals surface area contributed by atoms with Gasteiger partial charge in [0.15, 0.2) is 0 Å². The highest BCUT2D eigenvalue weighted by atomic mass is 16.1. The molecule has 1 fully saturated rings. The average Bonchev–Trinajstić information content (AvgIpc) is 2.76. The molecule has 1 aliphatic heterocycles. The van der Waals surface area contributed by atoms with Gasteiger partial charge in [0.05, 0.1) is 0 Å². The first kappa shape index (κ1) is 21.5. The van der Waals surface area contributed by atoms with E-state index in [9.17, 15) is 4.79 Å². The zero-order chi connectivity index (χ0) is 22.7. The van der Waals surface area contributed by atoms with Crippen molar-refractivity contribution >= 4 is 40.1 Å². The molecule has 32 heavy (non-hydrogen) atoms. The number of nitrogens with zero attached hydrogens (tertiary/aromatic N) is 4. The SMILES string of the molecule is CN/C=C(\C=N)c1ccc2cnc(NC(=O)c3ccnc(N4CC(N(C)C)C4)c3)cc2c1. The van der Waals surface area contributed by atoms with Crippen LogP contribution < -0.4 is 15.5 Å². The maximum Gasteiger partial charge on any atom is 0.257 e. The van der Waals surface area contributed by atoms with Crippen LogP contribution in [-0.2, 0) is 0 Å². The third-order valence-corrected chi connectivity index (χ3v) is 5.68. The van der Waals surface area contributed by atoms with Gasteiger partial charge in [-0.2, -0.15) is 0 Å². The van der Waals surface area contributed by atoms with E-state index in [2.05, 4.69) is 44.5 Å². The fraction of sp³-hybridized carbons (Fsp3) is 0.250. The Hall–Kier alpha value is -3.78. The first-order chi connectivity index (χ1) is 15.5. The van der Waals surface area contributed by atoms with Crippen molar-refractivity contribution in [3.05, 3.63) is 66.1 Å². The molecule has 164 valence electrons. The van der Waals surface area contributed by atoms with Crippen molar-refractivity contribution in [3.63, 3.8) is 0 Å². The first-order valence-corrected chi connectivity index (χ1v) is 10.5. The number of amides is 1. The third-order valence-electron chi connectivity index (χ3n) is 5.68. The van der Waals surface area contributed by atoms with Gasteiger partial charge < -0.3 is 25.8 Å². The lowest BCUT2D eigenvalue weighted by molar-refractivity contribution is 0.102. The molecule has 0 spiro atoms. The predicted molar refractivity (Wildman–Crippen MR) is 129 cm³/mol. The van der Waals surface area contributed by atoms with E-state index in [-0.39, 0.29) is 5.91 Å².